The molecule has 1 saturated heterocycles. The SMILES string of the molecule is C1=CC[N-]CC1.C1CC[N-]CC1.Cc1c(C)c(C)[c-](C)c1C.Cc1c(C)c(C)[c-](C)c1C.[Yb]. The van der Waals surface area contributed by atoms with Crippen LogP contribution < -0.4 is 0 Å². The van der Waals surface area contributed by atoms with Gasteiger partial charge in [-0.3, -0.25) is 0 Å². The quantitative estimate of drug-likeness (QED) is 0.211. The third-order valence-electron chi connectivity index (χ3n) is 7.61. The zero-order valence-corrected chi connectivity index (χ0v) is 24.7. The minimum absolute atomic E-state index is 0. The van der Waals surface area contributed by atoms with Crippen molar-refractivity contribution in [1.82, 2.24) is 0 Å². The van der Waals surface area contributed by atoms with E-state index >= 15 is 0 Å². The molecule has 1 fully saturated rings. The molecule has 4 rings (SSSR count). The molecule has 0 amide bonds. The van der Waals surface area contributed by atoms with Gasteiger partial charge in [0.1, 0.15) is 0 Å². The van der Waals surface area contributed by atoms with E-state index in [4.69, 9.17) is 0 Å². The number of rotatable bonds is 0. The van der Waals surface area contributed by atoms with Gasteiger partial charge in [-0.1, -0.05) is 101 Å². The van der Waals surface area contributed by atoms with Crippen LogP contribution in [0.25, 0.3) is 10.6 Å². The summed E-state index contributed by atoms with van der Waals surface area (Å²) in [5.74, 6) is 0. The van der Waals surface area contributed by atoms with Crippen LogP contribution in [0.1, 0.15) is 81.3 Å². The smallest absolute Gasteiger partial charge is 0 e. The molecule has 3 heteroatoms. The van der Waals surface area contributed by atoms with Crippen molar-refractivity contribution in [2.75, 3.05) is 26.2 Å². The molecule has 0 saturated carbocycles. The molecule has 2 aliphatic rings. The van der Waals surface area contributed by atoms with Crippen LogP contribution in [0.3, 0.4) is 0 Å². The Labute approximate surface area is 244 Å². The molecule has 2 aromatic rings. The molecule has 0 aromatic heterocycles. The molecule has 196 valence electrons. The number of hydrogen-bond acceptors (Lipinski definition) is 0. The van der Waals surface area contributed by atoms with Gasteiger partial charge < -0.3 is 10.6 Å². The first-order valence-electron chi connectivity index (χ1n) is 12.4. The maximum Gasteiger partial charge on any atom is 0 e. The molecule has 2 heterocycles. The van der Waals surface area contributed by atoms with Crippen LogP contribution in [0.15, 0.2) is 12.2 Å². The molecule has 0 aliphatic carbocycles. The summed E-state index contributed by atoms with van der Waals surface area (Å²) >= 11 is 0. The van der Waals surface area contributed by atoms with Crippen LogP contribution in [-0.4, -0.2) is 26.2 Å². The van der Waals surface area contributed by atoms with Crippen molar-refractivity contribution in [1.29, 1.82) is 0 Å². The van der Waals surface area contributed by atoms with Crippen molar-refractivity contribution < 1.29 is 46.9 Å². The average Bonchev–Trinajstić information content (AvgIpc) is 3.12. The Hall–Kier alpha value is -0.121. The summed E-state index contributed by atoms with van der Waals surface area (Å²) < 4.78 is 0. The van der Waals surface area contributed by atoms with Gasteiger partial charge in [0, 0.05) is 46.9 Å². The van der Waals surface area contributed by atoms with E-state index in [0.717, 1.165) is 32.6 Å². The van der Waals surface area contributed by atoms with Gasteiger partial charge in [0.05, 0.1) is 0 Å². The summed E-state index contributed by atoms with van der Waals surface area (Å²) in [6.45, 7) is 26.2. The Balaban J connectivity index is 0.000000420. The van der Waals surface area contributed by atoms with E-state index in [2.05, 4.69) is 92.0 Å². The molecule has 0 unspecified atom stereocenters. The molecule has 0 atom stereocenters. The molecular weight excluding hydrogens is 561 g/mol. The predicted molar refractivity (Wildman–Crippen MR) is 145 cm³/mol. The summed E-state index contributed by atoms with van der Waals surface area (Å²) in [6, 6.07) is 0. The Morgan fingerprint density at radius 2 is 0.939 bits per heavy atom. The number of nitrogens with zero attached hydrogens (tertiary/aromatic N) is 2. The second-order valence-corrected chi connectivity index (χ2v) is 9.37. The van der Waals surface area contributed by atoms with Crippen molar-refractivity contribution in [3.8, 4) is 0 Å². The Bertz CT molecular complexity index is 611. The third-order valence-corrected chi connectivity index (χ3v) is 7.61. The largest absolute Gasteiger partial charge is 0.662 e. The van der Waals surface area contributed by atoms with E-state index in [-0.39, 0.29) is 46.9 Å². The van der Waals surface area contributed by atoms with E-state index in [1.165, 1.54) is 74.9 Å². The van der Waals surface area contributed by atoms with E-state index in [0.29, 0.717) is 0 Å². The van der Waals surface area contributed by atoms with E-state index < -0.39 is 0 Å². The van der Waals surface area contributed by atoms with E-state index in [1.807, 2.05) is 0 Å². The average molecular weight is 610 g/mol. The van der Waals surface area contributed by atoms with Crippen molar-refractivity contribution in [3.63, 3.8) is 0 Å². The summed E-state index contributed by atoms with van der Waals surface area (Å²) in [6.07, 6.45) is 9.50. The standard InChI is InChI=1S/2C10H15.C5H10N.C5H8N.Yb/c2*1-6-7(2)9(4)10(5)8(6)3;2*1-2-4-6-5-3-1;/h2*1-5H3;1-5H2;1-2H,3-5H2;/q4*-1;. The van der Waals surface area contributed by atoms with Gasteiger partial charge in [0.25, 0.3) is 0 Å². The van der Waals surface area contributed by atoms with Gasteiger partial charge in [0.2, 0.25) is 0 Å². The summed E-state index contributed by atoms with van der Waals surface area (Å²) in [5, 5.41) is 8.27. The summed E-state index contributed by atoms with van der Waals surface area (Å²) in [5.41, 5.74) is 14.7. The summed E-state index contributed by atoms with van der Waals surface area (Å²) in [4.78, 5) is 0. The fourth-order valence-electron chi connectivity index (χ4n) is 4.07. The molecule has 0 N–H and O–H groups in total. The maximum absolute atomic E-state index is 4.18. The van der Waals surface area contributed by atoms with Crippen LogP contribution in [0.5, 0.6) is 0 Å². The Morgan fingerprint density at radius 1 is 0.545 bits per heavy atom. The first-order valence-corrected chi connectivity index (χ1v) is 12.4. The number of piperidine rings is 1. The zero-order valence-electron chi connectivity index (χ0n) is 23.0. The fourth-order valence-corrected chi connectivity index (χ4v) is 4.07. The van der Waals surface area contributed by atoms with Crippen LogP contribution in [-0.2, 0) is 0 Å². The monoisotopic (exact) mass is 610 g/mol. The van der Waals surface area contributed by atoms with Gasteiger partial charge in [0.15, 0.2) is 0 Å². The second-order valence-electron chi connectivity index (χ2n) is 9.37. The molecule has 2 aromatic carbocycles. The van der Waals surface area contributed by atoms with Crippen molar-refractivity contribution in [3.05, 3.63) is 78.4 Å². The predicted octanol–water partition coefficient (Wildman–Crippen LogP) is 8.76. The van der Waals surface area contributed by atoms with Crippen molar-refractivity contribution in [2.45, 2.75) is 94.9 Å². The molecular formula is C30H48N2Yb-4. The topological polar surface area (TPSA) is 28.2 Å². The van der Waals surface area contributed by atoms with Crippen LogP contribution >= 0.6 is 0 Å². The zero-order chi connectivity index (χ0) is 24.3. The minimum atomic E-state index is 0. The van der Waals surface area contributed by atoms with Gasteiger partial charge in [-0.2, -0.15) is 55.6 Å². The van der Waals surface area contributed by atoms with E-state index in [9.17, 15) is 0 Å². The van der Waals surface area contributed by atoms with E-state index in [1.54, 1.807) is 0 Å². The minimum Gasteiger partial charge on any atom is -0.662 e. The van der Waals surface area contributed by atoms with Crippen molar-refractivity contribution in [2.24, 2.45) is 0 Å². The van der Waals surface area contributed by atoms with Gasteiger partial charge in [-0.05, 0) is 0 Å². The molecule has 0 bridgehead atoms. The van der Waals surface area contributed by atoms with Gasteiger partial charge in [-0.15, -0.1) is 32.3 Å². The normalized spacial score (nSPS) is 14.6. The molecule has 0 radical (unpaired) electrons. The summed E-state index contributed by atoms with van der Waals surface area (Å²) in [7, 11) is 0. The molecule has 2 nitrogen and oxygen atoms in total. The Morgan fingerprint density at radius 3 is 1.03 bits per heavy atom. The first kappa shape index (κ1) is 32.9. The number of hydrogen-bond donors (Lipinski definition) is 0. The second kappa shape index (κ2) is 17.3. The van der Waals surface area contributed by atoms with Crippen LogP contribution in [0.2, 0.25) is 0 Å². The van der Waals surface area contributed by atoms with Crippen LogP contribution in [0.4, 0.5) is 0 Å². The fraction of sp³-hybridized carbons (Fsp3) is 0.600. The maximum atomic E-state index is 4.18. The molecule has 2 aliphatic heterocycles. The molecule has 0 spiro atoms. The Kier molecular flexibility index (Phi) is 17.3. The van der Waals surface area contributed by atoms with Crippen molar-refractivity contribution >= 4 is 0 Å². The van der Waals surface area contributed by atoms with Gasteiger partial charge >= 0.3 is 0 Å². The van der Waals surface area contributed by atoms with Gasteiger partial charge in [-0.25, -0.2) is 0 Å². The third kappa shape index (κ3) is 10.6. The first-order chi connectivity index (χ1) is 15.1. The molecule has 33 heavy (non-hydrogen) atoms. The van der Waals surface area contributed by atoms with Crippen LogP contribution in [0, 0.1) is 116 Å².